The van der Waals surface area contributed by atoms with Crippen LogP contribution in [0.4, 0.5) is 14.5 Å². The van der Waals surface area contributed by atoms with E-state index in [1.54, 1.807) is 17.0 Å². The maximum Gasteiger partial charge on any atom is 0.261 e. The zero-order valence-electron chi connectivity index (χ0n) is 12.9. The number of nitrogens with one attached hydrogen (secondary N) is 1. The summed E-state index contributed by atoms with van der Waals surface area (Å²) in [6.45, 7) is 2.89. The second-order valence-corrected chi connectivity index (χ2v) is 7.69. The van der Waals surface area contributed by atoms with Gasteiger partial charge in [-0.1, -0.05) is 19.1 Å². The molecular weight excluding hydrogens is 310 g/mol. The highest BCUT2D eigenvalue weighted by Crippen LogP contribution is 2.30. The molecule has 22 heavy (non-hydrogen) atoms. The van der Waals surface area contributed by atoms with Crippen LogP contribution < -0.4 is 4.72 Å². The van der Waals surface area contributed by atoms with Gasteiger partial charge in [-0.2, -0.15) is 0 Å². The molecule has 124 valence electrons. The van der Waals surface area contributed by atoms with Gasteiger partial charge in [-0.25, -0.2) is 17.2 Å². The average molecular weight is 332 g/mol. The third-order valence-corrected chi connectivity index (χ3v) is 4.51. The Morgan fingerprint density at radius 2 is 1.95 bits per heavy atom. The summed E-state index contributed by atoms with van der Waals surface area (Å²) in [6, 6.07) is 7.13. The molecule has 0 bridgehead atoms. The summed E-state index contributed by atoms with van der Waals surface area (Å²) in [6.07, 6.45) is 1.88. The fraction of sp³-hybridized carbons (Fsp3) is 0.600. The number of likely N-dealkylation sites (tertiary alicyclic amines) is 1. The zero-order chi connectivity index (χ0) is 16.4. The van der Waals surface area contributed by atoms with Crippen LogP contribution in [0.2, 0.25) is 0 Å². The Hall–Kier alpha value is -1.21. The lowest BCUT2D eigenvalue weighted by molar-refractivity contribution is 0.0117. The molecule has 0 amide bonds. The van der Waals surface area contributed by atoms with E-state index in [0.717, 1.165) is 18.2 Å². The van der Waals surface area contributed by atoms with Gasteiger partial charge in [0.05, 0.1) is 12.8 Å². The van der Waals surface area contributed by atoms with Crippen molar-refractivity contribution in [2.45, 2.75) is 31.6 Å². The first-order chi connectivity index (χ1) is 10.2. The number of benzene rings is 1. The number of alkyl halides is 2. The molecule has 1 aromatic carbocycles. The molecule has 1 N–H and O–H groups in total. The SMILES string of the molecule is CCC(CN1CCC(F)(F)C1)c1ccc(NS(C)(=O)=O)cc1. The maximum atomic E-state index is 13.3. The molecular formula is C15H22F2N2O2S. The molecule has 1 atom stereocenters. The summed E-state index contributed by atoms with van der Waals surface area (Å²) >= 11 is 0. The van der Waals surface area contributed by atoms with Crippen LogP contribution in [0.3, 0.4) is 0 Å². The van der Waals surface area contributed by atoms with Crippen molar-refractivity contribution < 1.29 is 17.2 Å². The van der Waals surface area contributed by atoms with Crippen LogP contribution in [-0.2, 0) is 10.0 Å². The highest BCUT2D eigenvalue weighted by molar-refractivity contribution is 7.92. The van der Waals surface area contributed by atoms with Gasteiger partial charge in [0.1, 0.15) is 0 Å². The Labute approximate surface area is 130 Å². The van der Waals surface area contributed by atoms with Crippen molar-refractivity contribution in [3.05, 3.63) is 29.8 Å². The van der Waals surface area contributed by atoms with E-state index in [1.165, 1.54) is 0 Å². The van der Waals surface area contributed by atoms with Crippen molar-refractivity contribution in [1.29, 1.82) is 0 Å². The van der Waals surface area contributed by atoms with E-state index in [9.17, 15) is 17.2 Å². The summed E-state index contributed by atoms with van der Waals surface area (Å²) < 4.78 is 51.3. The van der Waals surface area contributed by atoms with E-state index < -0.39 is 15.9 Å². The van der Waals surface area contributed by atoms with Crippen LogP contribution in [0, 0.1) is 0 Å². The lowest BCUT2D eigenvalue weighted by Crippen LogP contribution is -2.29. The lowest BCUT2D eigenvalue weighted by atomic mass is 9.96. The molecule has 0 radical (unpaired) electrons. The summed E-state index contributed by atoms with van der Waals surface area (Å²) in [5.41, 5.74) is 1.55. The number of nitrogens with zero attached hydrogens (tertiary/aromatic N) is 1. The Kier molecular flexibility index (Phi) is 5.07. The average Bonchev–Trinajstić information content (AvgIpc) is 2.75. The quantitative estimate of drug-likeness (QED) is 0.871. The van der Waals surface area contributed by atoms with Crippen molar-refractivity contribution in [2.24, 2.45) is 0 Å². The lowest BCUT2D eigenvalue weighted by Gasteiger charge is -2.23. The highest BCUT2D eigenvalue weighted by Gasteiger charge is 2.38. The van der Waals surface area contributed by atoms with Gasteiger partial charge < -0.3 is 0 Å². The minimum Gasteiger partial charge on any atom is -0.297 e. The largest absolute Gasteiger partial charge is 0.297 e. The molecule has 1 heterocycles. The summed E-state index contributed by atoms with van der Waals surface area (Å²) in [4.78, 5) is 1.80. The molecule has 1 aliphatic rings. The van der Waals surface area contributed by atoms with Crippen molar-refractivity contribution in [3.8, 4) is 0 Å². The predicted octanol–water partition coefficient (Wildman–Crippen LogP) is 2.89. The Morgan fingerprint density at radius 1 is 1.32 bits per heavy atom. The van der Waals surface area contributed by atoms with Crippen LogP contribution in [0.5, 0.6) is 0 Å². The first-order valence-electron chi connectivity index (χ1n) is 7.36. The van der Waals surface area contributed by atoms with E-state index >= 15 is 0 Å². The minimum atomic E-state index is -3.29. The number of sulfonamides is 1. The van der Waals surface area contributed by atoms with Gasteiger partial charge in [-0.15, -0.1) is 0 Å². The van der Waals surface area contributed by atoms with Gasteiger partial charge in [0, 0.05) is 25.2 Å². The van der Waals surface area contributed by atoms with Gasteiger partial charge in [0.15, 0.2) is 0 Å². The van der Waals surface area contributed by atoms with Gasteiger partial charge in [-0.3, -0.25) is 9.62 Å². The monoisotopic (exact) mass is 332 g/mol. The van der Waals surface area contributed by atoms with Crippen molar-refractivity contribution in [3.63, 3.8) is 0 Å². The molecule has 1 aromatic rings. The number of anilines is 1. The van der Waals surface area contributed by atoms with Gasteiger partial charge in [-0.05, 0) is 30.0 Å². The third kappa shape index (κ3) is 4.91. The number of hydrogen-bond donors (Lipinski definition) is 1. The van der Waals surface area contributed by atoms with Gasteiger partial charge >= 0.3 is 0 Å². The summed E-state index contributed by atoms with van der Waals surface area (Å²) in [5, 5.41) is 0. The molecule has 1 unspecified atom stereocenters. The fourth-order valence-corrected chi connectivity index (χ4v) is 3.35. The predicted molar refractivity (Wildman–Crippen MR) is 83.9 cm³/mol. The summed E-state index contributed by atoms with van der Waals surface area (Å²) in [7, 11) is -3.29. The van der Waals surface area contributed by atoms with Gasteiger partial charge in [0.25, 0.3) is 5.92 Å². The smallest absolute Gasteiger partial charge is 0.261 e. The first-order valence-corrected chi connectivity index (χ1v) is 9.25. The molecule has 0 aromatic heterocycles. The summed E-state index contributed by atoms with van der Waals surface area (Å²) in [5.74, 6) is -2.40. The molecule has 7 heteroatoms. The van der Waals surface area contributed by atoms with Gasteiger partial charge in [0.2, 0.25) is 10.0 Å². The van der Waals surface area contributed by atoms with E-state index in [0.29, 0.717) is 18.8 Å². The maximum absolute atomic E-state index is 13.3. The second-order valence-electron chi connectivity index (χ2n) is 5.94. The van der Waals surface area contributed by atoms with Crippen LogP contribution in [0.25, 0.3) is 0 Å². The van der Waals surface area contributed by atoms with Crippen LogP contribution in [-0.4, -0.2) is 45.1 Å². The van der Waals surface area contributed by atoms with Crippen molar-refractivity contribution in [2.75, 3.05) is 30.6 Å². The molecule has 0 saturated carbocycles. The first kappa shape index (κ1) is 17.1. The van der Waals surface area contributed by atoms with E-state index in [2.05, 4.69) is 4.72 Å². The molecule has 1 fully saturated rings. The fourth-order valence-electron chi connectivity index (χ4n) is 2.78. The molecule has 0 aliphatic carbocycles. The van der Waals surface area contributed by atoms with Crippen LogP contribution >= 0.6 is 0 Å². The molecule has 2 rings (SSSR count). The normalized spacial score (nSPS) is 20.0. The van der Waals surface area contributed by atoms with E-state index in [4.69, 9.17) is 0 Å². The van der Waals surface area contributed by atoms with Crippen LogP contribution in [0.1, 0.15) is 31.2 Å². The second kappa shape index (κ2) is 6.50. The molecule has 4 nitrogen and oxygen atoms in total. The molecule has 1 saturated heterocycles. The number of rotatable bonds is 6. The Bertz CT molecular complexity index is 602. The molecule has 1 aliphatic heterocycles. The van der Waals surface area contributed by atoms with E-state index in [1.807, 2.05) is 19.1 Å². The standard InChI is InChI=1S/C15H22F2N2O2S/c1-3-12(10-19-9-8-15(16,17)11-19)13-4-6-14(7-5-13)18-22(2,20)21/h4-7,12,18H,3,8-11H2,1-2H3. The molecule has 0 spiro atoms. The zero-order valence-corrected chi connectivity index (χ0v) is 13.7. The van der Waals surface area contributed by atoms with Crippen LogP contribution in [0.15, 0.2) is 24.3 Å². The third-order valence-electron chi connectivity index (χ3n) is 3.91. The van der Waals surface area contributed by atoms with Crippen molar-refractivity contribution >= 4 is 15.7 Å². The Balaban J connectivity index is 2.02. The number of halogens is 2. The minimum absolute atomic E-state index is 0.0688. The Morgan fingerprint density at radius 3 is 2.41 bits per heavy atom. The topological polar surface area (TPSA) is 49.4 Å². The van der Waals surface area contributed by atoms with Crippen molar-refractivity contribution in [1.82, 2.24) is 4.90 Å². The highest BCUT2D eigenvalue weighted by atomic mass is 32.2. The van der Waals surface area contributed by atoms with E-state index in [-0.39, 0.29) is 18.9 Å². The number of hydrogen-bond acceptors (Lipinski definition) is 3.